The fourth-order valence-corrected chi connectivity index (χ4v) is 5.14. The second-order valence-corrected chi connectivity index (χ2v) is 10.5. The standard InChI is InChI=1S/C28H32F3N7O4/c1-18-5-4-10-38(16-18)27-35-24(28(29,30)31)23(42-27)25(39)34-19-8-9-22(32-15-19)37-13-11-36(12-14-37)17-33-21-7-3-2-6-20(21)26(40)41/h2-3,6-9,15,18,33H,4-5,10-14,16-17H2,1H3,(H,34,39)(H,40,41). The number of para-hydroxylation sites is 1. The Kier molecular flexibility index (Phi) is 8.52. The predicted molar refractivity (Wildman–Crippen MR) is 150 cm³/mol. The second kappa shape index (κ2) is 12.3. The molecule has 5 rings (SSSR count). The Bertz CT molecular complexity index is 1410. The third-order valence-corrected chi connectivity index (χ3v) is 7.37. The van der Waals surface area contributed by atoms with E-state index < -0.39 is 29.5 Å². The third kappa shape index (κ3) is 6.75. The number of nitrogens with zero attached hydrogens (tertiary/aromatic N) is 5. The van der Waals surface area contributed by atoms with Crippen LogP contribution in [0.3, 0.4) is 0 Å². The molecule has 2 aliphatic rings. The van der Waals surface area contributed by atoms with Gasteiger partial charge in [0.25, 0.3) is 11.9 Å². The van der Waals surface area contributed by atoms with Crippen molar-refractivity contribution in [1.29, 1.82) is 0 Å². The van der Waals surface area contributed by atoms with Crippen molar-refractivity contribution in [2.24, 2.45) is 5.92 Å². The quantitative estimate of drug-likeness (QED) is 0.348. The lowest BCUT2D eigenvalue weighted by molar-refractivity contribution is -0.141. The Hall–Kier alpha value is -4.33. The molecule has 224 valence electrons. The van der Waals surface area contributed by atoms with Crippen LogP contribution in [0.4, 0.5) is 36.4 Å². The first-order chi connectivity index (χ1) is 20.1. The number of piperidine rings is 1. The fourth-order valence-electron chi connectivity index (χ4n) is 5.14. The Labute approximate surface area is 240 Å². The van der Waals surface area contributed by atoms with Crippen LogP contribution in [0, 0.1) is 5.92 Å². The second-order valence-electron chi connectivity index (χ2n) is 10.5. The number of carbonyl (C=O) groups excluding carboxylic acids is 1. The van der Waals surface area contributed by atoms with E-state index in [4.69, 9.17) is 4.42 Å². The number of hydrogen-bond donors (Lipinski definition) is 3. The van der Waals surface area contributed by atoms with Crippen LogP contribution < -0.4 is 20.4 Å². The molecule has 14 heteroatoms. The lowest BCUT2D eigenvalue weighted by atomic mass is 10.0. The molecular formula is C28H32F3N7O4. The molecule has 1 unspecified atom stereocenters. The maximum atomic E-state index is 13.7. The van der Waals surface area contributed by atoms with Gasteiger partial charge in [0, 0.05) is 45.0 Å². The summed E-state index contributed by atoms with van der Waals surface area (Å²) in [5.41, 5.74) is -0.364. The summed E-state index contributed by atoms with van der Waals surface area (Å²) in [7, 11) is 0. The number of anilines is 4. The van der Waals surface area contributed by atoms with Crippen LogP contribution >= 0.6 is 0 Å². The van der Waals surface area contributed by atoms with Crippen LogP contribution in [0.5, 0.6) is 0 Å². The number of carboxylic acid groups (broad SMARTS) is 1. The van der Waals surface area contributed by atoms with E-state index >= 15 is 0 Å². The fraction of sp³-hybridized carbons (Fsp3) is 0.429. The number of carbonyl (C=O) groups is 2. The van der Waals surface area contributed by atoms with E-state index in [0.717, 1.165) is 12.8 Å². The van der Waals surface area contributed by atoms with Gasteiger partial charge in [-0.2, -0.15) is 18.2 Å². The molecule has 1 aromatic carbocycles. The van der Waals surface area contributed by atoms with Crippen LogP contribution in [0.15, 0.2) is 47.0 Å². The molecule has 1 atom stereocenters. The summed E-state index contributed by atoms with van der Waals surface area (Å²) in [6.45, 7) is 6.23. The van der Waals surface area contributed by atoms with Crippen LogP contribution in [0.2, 0.25) is 0 Å². The summed E-state index contributed by atoms with van der Waals surface area (Å²) in [5.74, 6) is -1.98. The number of aromatic carboxylic acids is 1. The number of amides is 1. The number of hydrogen-bond acceptors (Lipinski definition) is 9. The van der Waals surface area contributed by atoms with E-state index in [0.29, 0.717) is 57.4 Å². The molecule has 3 N–H and O–H groups in total. The van der Waals surface area contributed by atoms with E-state index in [1.165, 1.54) is 6.20 Å². The minimum atomic E-state index is -4.85. The maximum absolute atomic E-state index is 13.7. The highest BCUT2D eigenvalue weighted by atomic mass is 19.4. The Balaban J connectivity index is 1.17. The third-order valence-electron chi connectivity index (χ3n) is 7.37. The number of oxazole rings is 1. The van der Waals surface area contributed by atoms with Crippen LogP contribution in [0.25, 0.3) is 0 Å². The highest BCUT2D eigenvalue weighted by Gasteiger charge is 2.42. The zero-order valence-corrected chi connectivity index (χ0v) is 23.0. The molecule has 0 saturated carbocycles. The van der Waals surface area contributed by atoms with Crippen LogP contribution in [-0.4, -0.2) is 77.8 Å². The molecule has 2 fully saturated rings. The normalized spacial score (nSPS) is 18.1. The molecule has 2 saturated heterocycles. The maximum Gasteiger partial charge on any atom is 0.437 e. The molecule has 2 aliphatic heterocycles. The van der Waals surface area contributed by atoms with Crippen molar-refractivity contribution >= 4 is 35.1 Å². The number of piperazine rings is 1. The number of benzene rings is 1. The van der Waals surface area contributed by atoms with Crippen molar-refractivity contribution in [2.45, 2.75) is 25.9 Å². The number of pyridine rings is 1. The highest BCUT2D eigenvalue weighted by Crippen LogP contribution is 2.35. The van der Waals surface area contributed by atoms with Crippen LogP contribution in [0.1, 0.15) is 46.4 Å². The van der Waals surface area contributed by atoms with E-state index in [2.05, 4.69) is 30.4 Å². The Morgan fingerprint density at radius 2 is 1.83 bits per heavy atom. The van der Waals surface area contributed by atoms with Gasteiger partial charge in [-0.3, -0.25) is 9.69 Å². The molecule has 0 aliphatic carbocycles. The van der Waals surface area contributed by atoms with E-state index in [1.54, 1.807) is 41.3 Å². The van der Waals surface area contributed by atoms with Gasteiger partial charge in [0.1, 0.15) is 5.82 Å². The number of nitrogens with one attached hydrogen (secondary N) is 2. The van der Waals surface area contributed by atoms with Gasteiger partial charge >= 0.3 is 12.1 Å². The topological polar surface area (TPSA) is 127 Å². The first kappa shape index (κ1) is 29.2. The monoisotopic (exact) mass is 587 g/mol. The zero-order chi connectivity index (χ0) is 29.9. The van der Waals surface area contributed by atoms with E-state index in [-0.39, 0.29) is 23.2 Å². The molecule has 3 aromatic rings. The molecule has 0 radical (unpaired) electrons. The molecule has 2 aromatic heterocycles. The van der Waals surface area contributed by atoms with Crippen LogP contribution in [-0.2, 0) is 6.18 Å². The number of carboxylic acids is 1. The minimum absolute atomic E-state index is 0.201. The van der Waals surface area contributed by atoms with E-state index in [9.17, 15) is 27.9 Å². The largest absolute Gasteiger partial charge is 0.478 e. The summed E-state index contributed by atoms with van der Waals surface area (Å²) >= 11 is 0. The summed E-state index contributed by atoms with van der Waals surface area (Å²) in [6.07, 6.45) is -1.69. The summed E-state index contributed by atoms with van der Waals surface area (Å²) in [5, 5.41) is 15.0. The van der Waals surface area contributed by atoms with Gasteiger partial charge in [0.15, 0.2) is 5.69 Å². The summed E-state index contributed by atoms with van der Waals surface area (Å²) < 4.78 is 46.5. The number of halogens is 3. The predicted octanol–water partition coefficient (Wildman–Crippen LogP) is 4.47. The van der Waals surface area contributed by atoms with Crippen molar-refractivity contribution < 1.29 is 32.3 Å². The minimum Gasteiger partial charge on any atom is -0.478 e. The molecule has 0 spiro atoms. The summed E-state index contributed by atoms with van der Waals surface area (Å²) in [4.78, 5) is 38.1. The van der Waals surface area contributed by atoms with Crippen molar-refractivity contribution in [3.63, 3.8) is 0 Å². The highest BCUT2D eigenvalue weighted by molar-refractivity contribution is 6.03. The van der Waals surface area contributed by atoms with Gasteiger partial charge in [-0.25, -0.2) is 9.78 Å². The van der Waals surface area contributed by atoms with Gasteiger partial charge in [-0.05, 0) is 43.0 Å². The van der Waals surface area contributed by atoms with Gasteiger partial charge in [-0.1, -0.05) is 19.1 Å². The van der Waals surface area contributed by atoms with Crippen molar-refractivity contribution in [3.05, 3.63) is 59.6 Å². The SMILES string of the molecule is CC1CCCN(c2nc(C(F)(F)F)c(C(=O)Nc3ccc(N4CCN(CNc5ccccc5C(=O)O)CC4)nc3)o2)C1. The number of alkyl halides is 3. The number of rotatable bonds is 8. The first-order valence-electron chi connectivity index (χ1n) is 13.7. The lowest BCUT2D eigenvalue weighted by Crippen LogP contribution is -2.48. The first-order valence-corrected chi connectivity index (χ1v) is 13.7. The molecule has 0 bridgehead atoms. The lowest BCUT2D eigenvalue weighted by Gasteiger charge is -2.35. The Morgan fingerprint density at radius 1 is 1.07 bits per heavy atom. The van der Waals surface area contributed by atoms with Crippen molar-refractivity contribution in [1.82, 2.24) is 14.9 Å². The van der Waals surface area contributed by atoms with Gasteiger partial charge in [0.2, 0.25) is 5.76 Å². The van der Waals surface area contributed by atoms with E-state index in [1.807, 2.05) is 6.92 Å². The molecular weight excluding hydrogens is 555 g/mol. The molecule has 42 heavy (non-hydrogen) atoms. The van der Waals surface area contributed by atoms with Crippen molar-refractivity contribution in [2.75, 3.05) is 66.4 Å². The summed E-state index contributed by atoms with van der Waals surface area (Å²) in [6, 6.07) is 9.80. The zero-order valence-electron chi connectivity index (χ0n) is 23.0. The Morgan fingerprint density at radius 3 is 2.50 bits per heavy atom. The number of aromatic nitrogens is 2. The molecule has 4 heterocycles. The van der Waals surface area contributed by atoms with Gasteiger partial charge in [-0.15, -0.1) is 0 Å². The van der Waals surface area contributed by atoms with Crippen molar-refractivity contribution in [3.8, 4) is 0 Å². The van der Waals surface area contributed by atoms with Gasteiger partial charge < -0.3 is 30.0 Å². The average Bonchev–Trinajstić information content (AvgIpc) is 3.44. The average molecular weight is 588 g/mol. The molecule has 11 nitrogen and oxygen atoms in total. The van der Waals surface area contributed by atoms with Gasteiger partial charge in [0.05, 0.1) is 24.1 Å². The smallest absolute Gasteiger partial charge is 0.437 e. The molecule has 1 amide bonds.